The van der Waals surface area contributed by atoms with Gasteiger partial charge in [-0.1, -0.05) is 0 Å². The zero-order chi connectivity index (χ0) is 8.27. The number of aliphatic carboxylic acids is 1. The van der Waals surface area contributed by atoms with Crippen LogP contribution in [0.15, 0.2) is 0 Å². The molecule has 0 aromatic carbocycles. The van der Waals surface area contributed by atoms with E-state index in [1.54, 1.807) is 0 Å². The Labute approximate surface area is 69.2 Å². The number of rotatable bonds is 3. The Morgan fingerprint density at radius 1 is 1.73 bits per heavy atom. The molecule has 3 nitrogen and oxygen atoms in total. The molecule has 0 spiro atoms. The summed E-state index contributed by atoms with van der Waals surface area (Å²) in [4.78, 5) is 20.9. The maximum absolute atomic E-state index is 10.7. The Morgan fingerprint density at radius 3 is 2.91 bits per heavy atom. The van der Waals surface area contributed by atoms with Crippen molar-refractivity contribution in [2.45, 2.75) is 24.5 Å². The van der Waals surface area contributed by atoms with Crippen molar-refractivity contribution in [1.82, 2.24) is 0 Å². The van der Waals surface area contributed by atoms with E-state index in [0.717, 1.165) is 6.42 Å². The van der Waals surface area contributed by atoms with Crippen LogP contribution in [0.25, 0.3) is 0 Å². The van der Waals surface area contributed by atoms with Crippen LogP contribution < -0.4 is 0 Å². The molecular weight excluding hydrogens is 164 g/mol. The molecule has 1 fully saturated rings. The second kappa shape index (κ2) is 3.76. The van der Waals surface area contributed by atoms with Crippen LogP contribution in [-0.4, -0.2) is 27.9 Å². The van der Waals surface area contributed by atoms with Crippen LogP contribution in [-0.2, 0) is 9.59 Å². The van der Waals surface area contributed by atoms with Gasteiger partial charge in [0.2, 0.25) is 0 Å². The number of hydrogen-bond donors (Lipinski definition) is 1. The van der Waals surface area contributed by atoms with Crippen molar-refractivity contribution in [1.29, 1.82) is 0 Å². The summed E-state index contributed by atoms with van der Waals surface area (Å²) in [5.74, 6) is -0.403. The Balaban J connectivity index is 2.18. The first-order valence-corrected chi connectivity index (χ1v) is 4.58. The second-order valence-corrected chi connectivity index (χ2v) is 3.90. The van der Waals surface area contributed by atoms with Gasteiger partial charge in [0.25, 0.3) is 0 Å². The molecule has 1 saturated carbocycles. The molecule has 0 bridgehead atoms. The van der Waals surface area contributed by atoms with E-state index in [2.05, 4.69) is 0 Å². The average molecular weight is 174 g/mol. The second-order valence-electron chi connectivity index (χ2n) is 2.61. The van der Waals surface area contributed by atoms with Crippen molar-refractivity contribution in [2.24, 2.45) is 0 Å². The zero-order valence-corrected chi connectivity index (χ0v) is 6.89. The monoisotopic (exact) mass is 174 g/mol. The number of hydrogen-bond acceptors (Lipinski definition) is 3. The van der Waals surface area contributed by atoms with E-state index in [4.69, 9.17) is 5.11 Å². The lowest BCUT2D eigenvalue weighted by molar-refractivity contribution is -0.134. The van der Waals surface area contributed by atoms with Gasteiger partial charge < -0.3 is 5.11 Å². The van der Waals surface area contributed by atoms with Crippen LogP contribution in [0.3, 0.4) is 0 Å². The van der Waals surface area contributed by atoms with E-state index in [-0.39, 0.29) is 16.8 Å². The SMILES string of the molecule is O=C(O)CSC1CCC(=O)C1. The molecule has 11 heavy (non-hydrogen) atoms. The topological polar surface area (TPSA) is 54.4 Å². The lowest BCUT2D eigenvalue weighted by Crippen LogP contribution is -2.04. The fourth-order valence-electron chi connectivity index (χ4n) is 1.11. The molecule has 1 unspecified atom stereocenters. The van der Waals surface area contributed by atoms with Gasteiger partial charge in [-0.15, -0.1) is 11.8 Å². The normalized spacial score (nSPS) is 24.0. The lowest BCUT2D eigenvalue weighted by Gasteiger charge is -2.03. The van der Waals surface area contributed by atoms with Crippen LogP contribution >= 0.6 is 11.8 Å². The van der Waals surface area contributed by atoms with Crippen LogP contribution in [0.1, 0.15) is 19.3 Å². The fourth-order valence-corrected chi connectivity index (χ4v) is 2.08. The van der Waals surface area contributed by atoms with Gasteiger partial charge in [0, 0.05) is 18.1 Å². The molecule has 1 aliphatic rings. The molecule has 0 aliphatic heterocycles. The van der Waals surface area contributed by atoms with Gasteiger partial charge in [0.1, 0.15) is 5.78 Å². The van der Waals surface area contributed by atoms with Gasteiger partial charge in [-0.3, -0.25) is 9.59 Å². The summed E-state index contributed by atoms with van der Waals surface area (Å²) in [6.45, 7) is 0. The Bertz CT molecular complexity index is 179. The summed E-state index contributed by atoms with van der Waals surface area (Å²) in [5, 5.41) is 8.60. The van der Waals surface area contributed by atoms with Crippen LogP contribution in [0.2, 0.25) is 0 Å². The standard InChI is InChI=1S/C7H10O3S/c8-5-1-2-6(3-5)11-4-7(9)10/h6H,1-4H2,(H,9,10). The number of Topliss-reactive ketones (excluding diaryl/α,β-unsaturated/α-hetero) is 1. The molecular formula is C7H10O3S. The van der Waals surface area contributed by atoms with Gasteiger partial charge in [-0.05, 0) is 6.42 Å². The summed E-state index contributed by atoms with van der Waals surface area (Å²) in [6.07, 6.45) is 2.06. The molecule has 1 N–H and O–H groups in total. The van der Waals surface area contributed by atoms with E-state index in [0.29, 0.717) is 12.8 Å². The summed E-state index contributed by atoms with van der Waals surface area (Å²) in [7, 11) is 0. The summed E-state index contributed by atoms with van der Waals surface area (Å²) >= 11 is 1.38. The van der Waals surface area contributed by atoms with Crippen molar-refractivity contribution in [3.05, 3.63) is 0 Å². The first-order valence-electron chi connectivity index (χ1n) is 3.53. The molecule has 0 saturated heterocycles. The summed E-state index contributed by atoms with van der Waals surface area (Å²) in [5.41, 5.74) is 0. The smallest absolute Gasteiger partial charge is 0.313 e. The summed E-state index contributed by atoms with van der Waals surface area (Å²) in [6, 6.07) is 0. The van der Waals surface area contributed by atoms with Crippen molar-refractivity contribution >= 4 is 23.5 Å². The molecule has 4 heteroatoms. The van der Waals surface area contributed by atoms with Gasteiger partial charge in [0.15, 0.2) is 0 Å². The van der Waals surface area contributed by atoms with E-state index in [1.807, 2.05) is 0 Å². The van der Waals surface area contributed by atoms with Gasteiger partial charge >= 0.3 is 5.97 Å². The number of carboxylic acid groups (broad SMARTS) is 1. The first-order chi connectivity index (χ1) is 5.18. The number of ketones is 1. The van der Waals surface area contributed by atoms with E-state index >= 15 is 0 Å². The van der Waals surface area contributed by atoms with E-state index < -0.39 is 5.97 Å². The number of thioether (sulfide) groups is 1. The van der Waals surface area contributed by atoms with Crippen molar-refractivity contribution < 1.29 is 14.7 Å². The zero-order valence-electron chi connectivity index (χ0n) is 6.08. The number of carbonyl (C=O) groups excluding carboxylic acids is 1. The third-order valence-corrected chi connectivity index (χ3v) is 2.93. The van der Waals surface area contributed by atoms with Gasteiger partial charge in [-0.25, -0.2) is 0 Å². The van der Waals surface area contributed by atoms with Gasteiger partial charge in [0.05, 0.1) is 5.75 Å². The lowest BCUT2D eigenvalue weighted by atomic mass is 10.4. The largest absolute Gasteiger partial charge is 0.481 e. The number of carboxylic acids is 1. The minimum Gasteiger partial charge on any atom is -0.481 e. The Morgan fingerprint density at radius 2 is 2.45 bits per heavy atom. The first kappa shape index (κ1) is 8.59. The van der Waals surface area contributed by atoms with Crippen molar-refractivity contribution in [3.63, 3.8) is 0 Å². The predicted molar refractivity (Wildman–Crippen MR) is 42.7 cm³/mol. The van der Waals surface area contributed by atoms with Crippen molar-refractivity contribution in [2.75, 3.05) is 5.75 Å². The van der Waals surface area contributed by atoms with Crippen LogP contribution in [0, 0.1) is 0 Å². The molecule has 0 radical (unpaired) electrons. The van der Waals surface area contributed by atoms with Gasteiger partial charge in [-0.2, -0.15) is 0 Å². The molecule has 0 aromatic rings. The molecule has 62 valence electrons. The highest BCUT2D eigenvalue weighted by molar-refractivity contribution is 8.00. The van der Waals surface area contributed by atoms with Crippen LogP contribution in [0.4, 0.5) is 0 Å². The predicted octanol–water partition coefficient (Wildman–Crippen LogP) is 0.926. The fraction of sp³-hybridized carbons (Fsp3) is 0.714. The Kier molecular flexibility index (Phi) is 2.93. The summed E-state index contributed by atoms with van der Waals surface area (Å²) < 4.78 is 0. The highest BCUT2D eigenvalue weighted by atomic mass is 32.2. The highest BCUT2D eigenvalue weighted by Crippen LogP contribution is 2.26. The third kappa shape index (κ3) is 2.93. The minimum absolute atomic E-state index is 0.123. The Hall–Kier alpha value is -0.510. The van der Waals surface area contributed by atoms with E-state index in [1.165, 1.54) is 11.8 Å². The maximum atomic E-state index is 10.7. The molecule has 0 heterocycles. The van der Waals surface area contributed by atoms with Crippen molar-refractivity contribution in [3.8, 4) is 0 Å². The molecule has 1 atom stereocenters. The molecule has 1 aliphatic carbocycles. The highest BCUT2D eigenvalue weighted by Gasteiger charge is 2.22. The minimum atomic E-state index is -0.797. The average Bonchev–Trinajstić information content (AvgIpc) is 2.31. The van der Waals surface area contributed by atoms with Crippen LogP contribution in [0.5, 0.6) is 0 Å². The third-order valence-electron chi connectivity index (χ3n) is 1.64. The van der Waals surface area contributed by atoms with E-state index in [9.17, 15) is 9.59 Å². The quantitative estimate of drug-likeness (QED) is 0.691. The maximum Gasteiger partial charge on any atom is 0.313 e. The molecule has 1 rings (SSSR count). The molecule has 0 amide bonds. The molecule has 0 aromatic heterocycles. The number of carbonyl (C=O) groups is 2.